The summed E-state index contributed by atoms with van der Waals surface area (Å²) in [4.78, 5) is 23.7. The van der Waals surface area contributed by atoms with Gasteiger partial charge in [-0.15, -0.1) is 0 Å². The molecule has 10 heteroatoms. The van der Waals surface area contributed by atoms with Crippen molar-refractivity contribution >= 4 is 33.3 Å². The van der Waals surface area contributed by atoms with Crippen LogP contribution in [0, 0.1) is 0 Å². The van der Waals surface area contributed by atoms with Gasteiger partial charge in [0.2, 0.25) is 5.91 Å². The van der Waals surface area contributed by atoms with E-state index in [0.29, 0.717) is 5.56 Å². The quantitative estimate of drug-likeness (QED) is 0.600. The van der Waals surface area contributed by atoms with E-state index in [1.54, 1.807) is 17.4 Å². The number of carbonyl (C=O) groups is 2. The molecule has 1 aromatic heterocycles. The molecule has 0 bridgehead atoms. The number of hydrogen-bond acceptors (Lipinski definition) is 6. The van der Waals surface area contributed by atoms with Crippen LogP contribution in [0.15, 0.2) is 39.9 Å². The van der Waals surface area contributed by atoms with E-state index in [1.807, 2.05) is 28.5 Å². The van der Waals surface area contributed by atoms with Crippen LogP contribution in [0.3, 0.4) is 0 Å². The third-order valence-corrected chi connectivity index (χ3v) is 6.08. The Morgan fingerprint density at radius 1 is 1.25 bits per heavy atom. The molecule has 2 rings (SSSR count). The van der Waals surface area contributed by atoms with Gasteiger partial charge in [-0.1, -0.05) is 13.0 Å². The highest BCUT2D eigenvalue weighted by Gasteiger charge is 2.23. The number of nitrogens with one attached hydrogen (secondary N) is 3. The fourth-order valence-electron chi connectivity index (χ4n) is 2.59. The average molecular weight is 426 g/mol. The van der Waals surface area contributed by atoms with E-state index in [-0.39, 0.29) is 29.0 Å². The van der Waals surface area contributed by atoms with Gasteiger partial charge < -0.3 is 15.4 Å². The van der Waals surface area contributed by atoms with E-state index in [4.69, 9.17) is 4.74 Å². The maximum Gasteiger partial charge on any atom is 0.328 e. The summed E-state index contributed by atoms with van der Waals surface area (Å²) in [6, 6.07) is 5.39. The first-order valence-corrected chi connectivity index (χ1v) is 11.0. The molecule has 0 spiro atoms. The van der Waals surface area contributed by atoms with Crippen LogP contribution >= 0.6 is 11.3 Å². The lowest BCUT2D eigenvalue weighted by atomic mass is 10.1. The Labute approximate surface area is 168 Å². The molecule has 1 heterocycles. The van der Waals surface area contributed by atoms with Gasteiger partial charge >= 0.3 is 6.03 Å². The molecule has 152 valence electrons. The Morgan fingerprint density at radius 2 is 2.00 bits per heavy atom. The molecule has 0 aliphatic carbocycles. The number of urea groups is 1. The molecule has 0 aliphatic rings. The van der Waals surface area contributed by atoms with Crippen molar-refractivity contribution in [2.75, 3.05) is 14.2 Å². The van der Waals surface area contributed by atoms with E-state index in [9.17, 15) is 18.0 Å². The number of carbonyl (C=O) groups excluding carboxylic acids is 2. The SMILES string of the molecule is CCC(NC(=O)Cc1ccc(OC)c(S(=O)(=O)NC(=O)NC)c1)c1ccsc1. The molecule has 3 amide bonds. The van der Waals surface area contributed by atoms with Gasteiger partial charge in [-0.25, -0.2) is 17.9 Å². The van der Waals surface area contributed by atoms with E-state index < -0.39 is 16.1 Å². The Morgan fingerprint density at radius 3 is 2.57 bits per heavy atom. The molecule has 28 heavy (non-hydrogen) atoms. The summed E-state index contributed by atoms with van der Waals surface area (Å²) in [5, 5.41) is 9.07. The molecule has 1 unspecified atom stereocenters. The first kappa shape index (κ1) is 21.7. The second-order valence-corrected chi connectivity index (χ2v) is 8.36. The first-order valence-electron chi connectivity index (χ1n) is 8.53. The van der Waals surface area contributed by atoms with Crippen molar-refractivity contribution in [1.29, 1.82) is 0 Å². The number of thiophene rings is 1. The molecule has 0 radical (unpaired) electrons. The zero-order chi connectivity index (χ0) is 20.7. The minimum Gasteiger partial charge on any atom is -0.495 e. The normalized spacial score (nSPS) is 12.1. The van der Waals surface area contributed by atoms with Crippen molar-refractivity contribution < 1.29 is 22.7 Å². The Hall–Kier alpha value is -2.59. The van der Waals surface area contributed by atoms with Crippen molar-refractivity contribution in [1.82, 2.24) is 15.4 Å². The van der Waals surface area contributed by atoms with Crippen molar-refractivity contribution in [2.45, 2.75) is 30.7 Å². The number of ether oxygens (including phenoxy) is 1. The van der Waals surface area contributed by atoms with Crippen molar-refractivity contribution in [3.05, 3.63) is 46.2 Å². The van der Waals surface area contributed by atoms with Crippen LogP contribution in [-0.2, 0) is 21.2 Å². The number of methoxy groups -OCH3 is 1. The second-order valence-electron chi connectivity index (χ2n) is 5.93. The molecule has 3 N–H and O–H groups in total. The fourth-order valence-corrected chi connectivity index (χ4v) is 4.49. The predicted octanol–water partition coefficient (Wildman–Crippen LogP) is 2.18. The molecule has 1 atom stereocenters. The van der Waals surface area contributed by atoms with Crippen LogP contribution in [-0.4, -0.2) is 34.5 Å². The molecular weight excluding hydrogens is 402 g/mol. The molecular formula is C18H23N3O5S2. The summed E-state index contributed by atoms with van der Waals surface area (Å²) in [5.74, 6) is -0.156. The zero-order valence-electron chi connectivity index (χ0n) is 15.8. The zero-order valence-corrected chi connectivity index (χ0v) is 17.4. The van der Waals surface area contributed by atoms with Crippen molar-refractivity contribution in [3.8, 4) is 5.75 Å². The van der Waals surface area contributed by atoms with Gasteiger partial charge in [0, 0.05) is 7.05 Å². The largest absolute Gasteiger partial charge is 0.495 e. The third-order valence-electron chi connectivity index (χ3n) is 4.03. The van der Waals surface area contributed by atoms with Gasteiger partial charge in [0.05, 0.1) is 19.6 Å². The number of amides is 3. The summed E-state index contributed by atoms with van der Waals surface area (Å²) in [7, 11) is -1.52. The lowest BCUT2D eigenvalue weighted by Gasteiger charge is -2.16. The van der Waals surface area contributed by atoms with E-state index >= 15 is 0 Å². The summed E-state index contributed by atoms with van der Waals surface area (Å²) in [6.07, 6.45) is 0.730. The monoisotopic (exact) mass is 425 g/mol. The Bertz CT molecular complexity index is 927. The maximum absolute atomic E-state index is 12.4. The number of sulfonamides is 1. The van der Waals surface area contributed by atoms with Gasteiger partial charge in [-0.2, -0.15) is 11.3 Å². The topological polar surface area (TPSA) is 114 Å². The summed E-state index contributed by atoms with van der Waals surface area (Å²) >= 11 is 1.56. The van der Waals surface area contributed by atoms with Crippen LogP contribution in [0.4, 0.5) is 4.79 Å². The van der Waals surface area contributed by atoms with Gasteiger partial charge in [0.25, 0.3) is 10.0 Å². The minimum atomic E-state index is -4.15. The van der Waals surface area contributed by atoms with E-state index in [2.05, 4.69) is 10.6 Å². The fraction of sp³-hybridized carbons (Fsp3) is 0.333. The minimum absolute atomic E-state index is 0.00682. The molecule has 2 aromatic rings. The number of benzene rings is 1. The maximum atomic E-state index is 12.4. The molecule has 1 aromatic carbocycles. The molecule has 0 saturated carbocycles. The predicted molar refractivity (Wildman–Crippen MR) is 107 cm³/mol. The molecule has 0 aliphatic heterocycles. The lowest BCUT2D eigenvalue weighted by Crippen LogP contribution is -2.37. The van der Waals surface area contributed by atoms with Crippen LogP contribution in [0.1, 0.15) is 30.5 Å². The highest BCUT2D eigenvalue weighted by molar-refractivity contribution is 7.90. The van der Waals surface area contributed by atoms with Gasteiger partial charge in [-0.05, 0) is 46.5 Å². The summed E-state index contributed by atoms with van der Waals surface area (Å²) in [6.45, 7) is 1.98. The third kappa shape index (κ3) is 5.46. The number of hydrogen-bond donors (Lipinski definition) is 3. The van der Waals surface area contributed by atoms with Gasteiger partial charge in [-0.3, -0.25) is 4.79 Å². The van der Waals surface area contributed by atoms with E-state index in [0.717, 1.165) is 12.0 Å². The van der Waals surface area contributed by atoms with E-state index in [1.165, 1.54) is 26.3 Å². The van der Waals surface area contributed by atoms with Gasteiger partial charge in [0.15, 0.2) is 0 Å². The first-order chi connectivity index (χ1) is 13.3. The highest BCUT2D eigenvalue weighted by atomic mass is 32.2. The Kier molecular flexibility index (Phi) is 7.41. The van der Waals surface area contributed by atoms with Crippen LogP contribution in [0.2, 0.25) is 0 Å². The highest BCUT2D eigenvalue weighted by Crippen LogP contribution is 2.25. The average Bonchev–Trinajstić information content (AvgIpc) is 3.20. The summed E-state index contributed by atoms with van der Waals surface area (Å²) in [5.41, 5.74) is 1.52. The van der Waals surface area contributed by atoms with Crippen LogP contribution < -0.4 is 20.1 Å². The van der Waals surface area contributed by atoms with Crippen molar-refractivity contribution in [2.24, 2.45) is 0 Å². The molecule has 0 fully saturated rings. The molecule has 0 saturated heterocycles. The lowest BCUT2D eigenvalue weighted by molar-refractivity contribution is -0.121. The smallest absolute Gasteiger partial charge is 0.328 e. The Balaban J connectivity index is 2.20. The summed E-state index contributed by atoms with van der Waals surface area (Å²) < 4.78 is 31.9. The van der Waals surface area contributed by atoms with Crippen molar-refractivity contribution in [3.63, 3.8) is 0 Å². The molecule has 8 nitrogen and oxygen atoms in total. The number of rotatable bonds is 8. The second kappa shape index (κ2) is 9.56. The van der Waals surface area contributed by atoms with Crippen LogP contribution in [0.5, 0.6) is 5.75 Å². The van der Waals surface area contributed by atoms with Crippen LogP contribution in [0.25, 0.3) is 0 Å². The standard InChI is InChI=1S/C18H23N3O5S2/c1-4-14(13-7-8-27-11-13)20-17(22)10-12-5-6-15(26-3)16(9-12)28(24,25)21-18(23)19-2/h5-9,11,14H,4,10H2,1-3H3,(H,20,22)(H2,19,21,23). The van der Waals surface area contributed by atoms with Gasteiger partial charge in [0.1, 0.15) is 10.6 Å².